The minimum atomic E-state index is -4.32. The van der Waals surface area contributed by atoms with E-state index in [1.165, 1.54) is 6.07 Å². The molecule has 7 heteroatoms. The van der Waals surface area contributed by atoms with Gasteiger partial charge in [-0.1, -0.05) is 42.5 Å². The Balaban J connectivity index is 0.00000196. The molecular formula is C19H15N2NaO3S. The number of rotatable bonds is 2. The summed E-state index contributed by atoms with van der Waals surface area (Å²) in [6, 6.07) is 17.9. The molecule has 0 unspecified atom stereocenters. The Hall–Kier alpha value is -1.83. The molecule has 0 amide bonds. The molecule has 0 spiro atoms. The molecular weight excluding hydrogens is 359 g/mol. The van der Waals surface area contributed by atoms with Crippen molar-refractivity contribution < 1.29 is 13.0 Å². The van der Waals surface area contributed by atoms with E-state index in [9.17, 15) is 13.0 Å². The molecule has 0 aliphatic heterocycles. The Kier molecular flexibility index (Phi) is 5.14. The van der Waals surface area contributed by atoms with Crippen LogP contribution in [0.25, 0.3) is 33.1 Å². The van der Waals surface area contributed by atoms with Crippen molar-refractivity contribution >= 4 is 61.5 Å². The normalized spacial score (nSPS) is 11.5. The molecule has 26 heavy (non-hydrogen) atoms. The van der Waals surface area contributed by atoms with Gasteiger partial charge in [-0.3, -0.25) is 4.55 Å². The van der Waals surface area contributed by atoms with E-state index >= 15 is 0 Å². The molecule has 0 atom stereocenters. The molecule has 3 aromatic carbocycles. The Morgan fingerprint density at radius 1 is 0.885 bits per heavy atom. The summed E-state index contributed by atoms with van der Waals surface area (Å²) >= 11 is 0. The second kappa shape index (κ2) is 7.06. The van der Waals surface area contributed by atoms with Crippen LogP contribution in [0.4, 0.5) is 0 Å². The molecule has 126 valence electrons. The molecule has 0 fully saturated rings. The Bertz CT molecular complexity index is 1230. The zero-order valence-corrected chi connectivity index (χ0v) is 14.2. The molecule has 0 saturated carbocycles. The zero-order valence-electron chi connectivity index (χ0n) is 13.3. The Morgan fingerprint density at radius 3 is 2.27 bits per heavy atom. The number of benzene rings is 3. The van der Waals surface area contributed by atoms with Crippen LogP contribution in [0.3, 0.4) is 0 Å². The van der Waals surface area contributed by atoms with Gasteiger partial charge in [-0.05, 0) is 30.5 Å². The topological polar surface area (TPSA) is 80.2 Å². The van der Waals surface area contributed by atoms with Crippen LogP contribution >= 0.6 is 0 Å². The molecule has 0 saturated heterocycles. The first-order valence-electron chi connectivity index (χ1n) is 7.67. The monoisotopic (exact) mass is 374 g/mol. The van der Waals surface area contributed by atoms with Crippen molar-refractivity contribution in [2.75, 3.05) is 0 Å². The summed E-state index contributed by atoms with van der Waals surface area (Å²) in [5.41, 5.74) is 3.74. The van der Waals surface area contributed by atoms with Crippen molar-refractivity contribution in [1.82, 2.24) is 9.97 Å². The molecule has 5 nitrogen and oxygen atoms in total. The van der Waals surface area contributed by atoms with Gasteiger partial charge in [0.15, 0.2) is 0 Å². The second-order valence-corrected chi connectivity index (χ2v) is 7.21. The van der Waals surface area contributed by atoms with Gasteiger partial charge in [0, 0.05) is 10.9 Å². The van der Waals surface area contributed by atoms with Crippen molar-refractivity contribution in [2.45, 2.75) is 11.8 Å². The quantitative estimate of drug-likeness (QED) is 0.331. The van der Waals surface area contributed by atoms with Crippen LogP contribution < -0.4 is 0 Å². The molecule has 1 N–H and O–H groups in total. The predicted octanol–water partition coefficient (Wildman–Crippen LogP) is 3.36. The summed E-state index contributed by atoms with van der Waals surface area (Å²) in [5, 5.41) is 1.11. The Labute approximate surface area is 173 Å². The third kappa shape index (κ3) is 3.39. The van der Waals surface area contributed by atoms with Crippen LogP contribution in [0.15, 0.2) is 65.6 Å². The number of aryl methyl sites for hydroxylation is 1. The molecule has 0 aliphatic carbocycles. The van der Waals surface area contributed by atoms with Crippen LogP contribution in [0.2, 0.25) is 0 Å². The maximum atomic E-state index is 11.6. The van der Waals surface area contributed by atoms with Gasteiger partial charge in [-0.2, -0.15) is 8.42 Å². The van der Waals surface area contributed by atoms with E-state index in [1.54, 1.807) is 24.3 Å². The number of aromatic nitrogens is 2. The summed E-state index contributed by atoms with van der Waals surface area (Å²) in [7, 11) is -4.32. The molecule has 1 aromatic heterocycles. The summed E-state index contributed by atoms with van der Waals surface area (Å²) in [4.78, 5) is 9.17. The molecule has 0 radical (unpaired) electrons. The molecule has 4 aromatic rings. The first-order chi connectivity index (χ1) is 11.9. The van der Waals surface area contributed by atoms with Crippen molar-refractivity contribution in [3.8, 4) is 11.3 Å². The predicted molar refractivity (Wildman–Crippen MR) is 104 cm³/mol. The molecule has 0 bridgehead atoms. The van der Waals surface area contributed by atoms with E-state index in [0.29, 0.717) is 21.8 Å². The van der Waals surface area contributed by atoms with Crippen molar-refractivity contribution in [3.05, 3.63) is 66.4 Å². The van der Waals surface area contributed by atoms with E-state index in [0.717, 1.165) is 17.0 Å². The van der Waals surface area contributed by atoms with E-state index in [2.05, 4.69) is 9.97 Å². The fourth-order valence-corrected chi connectivity index (χ4v) is 3.69. The first-order valence-corrected chi connectivity index (χ1v) is 9.11. The summed E-state index contributed by atoms with van der Waals surface area (Å²) in [5.74, 6) is 0. The first kappa shape index (κ1) is 18.9. The van der Waals surface area contributed by atoms with E-state index in [1.807, 2.05) is 37.3 Å². The third-order valence-corrected chi connectivity index (χ3v) is 5.04. The van der Waals surface area contributed by atoms with Gasteiger partial charge in [-0.25, -0.2) is 9.97 Å². The van der Waals surface area contributed by atoms with Gasteiger partial charge in [0.05, 0.1) is 22.4 Å². The SMILES string of the molecule is Cc1nc2cc3cccc(S(=O)(=O)O)c3cc2nc1-c1ccccc1.[NaH]. The van der Waals surface area contributed by atoms with Crippen LogP contribution in [0.1, 0.15) is 5.69 Å². The van der Waals surface area contributed by atoms with Gasteiger partial charge < -0.3 is 0 Å². The van der Waals surface area contributed by atoms with Gasteiger partial charge >= 0.3 is 29.6 Å². The van der Waals surface area contributed by atoms with Crippen molar-refractivity contribution in [1.29, 1.82) is 0 Å². The summed E-state index contributed by atoms with van der Waals surface area (Å²) < 4.78 is 32.8. The molecule has 1 heterocycles. The molecule has 0 aliphatic rings. The second-order valence-electron chi connectivity index (χ2n) is 5.82. The molecule has 4 rings (SSSR count). The Morgan fingerprint density at radius 2 is 1.58 bits per heavy atom. The van der Waals surface area contributed by atoms with Crippen molar-refractivity contribution in [2.24, 2.45) is 0 Å². The van der Waals surface area contributed by atoms with Gasteiger partial charge in [0.2, 0.25) is 0 Å². The fourth-order valence-electron chi connectivity index (χ4n) is 2.98. The van der Waals surface area contributed by atoms with Crippen LogP contribution in [-0.4, -0.2) is 52.5 Å². The van der Waals surface area contributed by atoms with Crippen molar-refractivity contribution in [3.63, 3.8) is 0 Å². The average Bonchev–Trinajstić information content (AvgIpc) is 2.59. The zero-order chi connectivity index (χ0) is 17.6. The maximum absolute atomic E-state index is 11.6. The van der Waals surface area contributed by atoms with E-state index in [-0.39, 0.29) is 34.5 Å². The minimum absolute atomic E-state index is 0. The number of hydrogen-bond donors (Lipinski definition) is 1. The summed E-state index contributed by atoms with van der Waals surface area (Å²) in [6.45, 7) is 1.90. The van der Waals surface area contributed by atoms with Crippen LogP contribution in [-0.2, 0) is 10.1 Å². The number of fused-ring (bicyclic) bond motifs is 2. The number of hydrogen-bond acceptors (Lipinski definition) is 4. The summed E-state index contributed by atoms with van der Waals surface area (Å²) in [6.07, 6.45) is 0. The van der Waals surface area contributed by atoms with E-state index < -0.39 is 10.1 Å². The number of nitrogens with zero attached hydrogens (tertiary/aromatic N) is 2. The van der Waals surface area contributed by atoms with Crippen LogP contribution in [0.5, 0.6) is 0 Å². The third-order valence-electron chi connectivity index (χ3n) is 4.12. The van der Waals surface area contributed by atoms with Gasteiger partial charge in [0.1, 0.15) is 4.90 Å². The fraction of sp³-hybridized carbons (Fsp3) is 0.0526. The average molecular weight is 374 g/mol. The van der Waals surface area contributed by atoms with E-state index in [4.69, 9.17) is 0 Å². The van der Waals surface area contributed by atoms with Crippen LogP contribution in [0, 0.1) is 6.92 Å². The van der Waals surface area contributed by atoms with Gasteiger partial charge in [-0.15, -0.1) is 0 Å². The standard InChI is InChI=1S/C19H14N2O3S.Na.H/c1-12-19(13-6-3-2-4-7-13)21-17-11-15-14(10-16(17)20-12)8-5-9-18(15)25(22,23)24;;/h2-11H,1H3,(H,22,23,24);;. The van der Waals surface area contributed by atoms with Gasteiger partial charge in [0.25, 0.3) is 10.1 Å².